The average Bonchev–Trinajstić information content (AvgIpc) is 2.55. The van der Waals surface area contributed by atoms with Crippen molar-refractivity contribution in [1.29, 1.82) is 5.26 Å². The number of benzene rings is 1. The lowest BCUT2D eigenvalue weighted by atomic mass is 9.85. The molecule has 2 rings (SSSR count). The van der Waals surface area contributed by atoms with Crippen LogP contribution < -0.4 is 0 Å². The van der Waals surface area contributed by atoms with Crippen LogP contribution in [0.4, 0.5) is 0 Å². The minimum absolute atomic E-state index is 0.204. The number of hydrogen-bond acceptors (Lipinski definition) is 2. The summed E-state index contributed by atoms with van der Waals surface area (Å²) in [5.41, 5.74) is 1.17. The maximum absolute atomic E-state index is 9.12. The van der Waals surface area contributed by atoms with Crippen LogP contribution in [0.2, 0.25) is 10.0 Å². The maximum Gasteiger partial charge on any atom is 0.208 e. The molecule has 0 bridgehead atoms. The van der Waals surface area contributed by atoms with Crippen molar-refractivity contribution in [2.24, 2.45) is 0 Å². The quantitative estimate of drug-likeness (QED) is 0.680. The van der Waals surface area contributed by atoms with Crippen molar-refractivity contribution in [3.8, 4) is 6.07 Å². The number of hydrogen-bond donors (Lipinski definition) is 0. The molecule has 0 amide bonds. The molecule has 0 unspecified atom stereocenters. The number of furan rings is 1. The predicted molar refractivity (Wildman–Crippen MR) is 69.6 cm³/mol. The fourth-order valence-corrected chi connectivity index (χ4v) is 2.48. The Hall–Kier alpha value is -1.17. The molecule has 4 heteroatoms. The molecule has 0 spiro atoms. The second kappa shape index (κ2) is 3.94. The van der Waals surface area contributed by atoms with Crippen molar-refractivity contribution in [1.82, 2.24) is 0 Å². The molecule has 0 aliphatic carbocycles. The van der Waals surface area contributed by atoms with E-state index in [0.717, 1.165) is 10.9 Å². The zero-order valence-electron chi connectivity index (χ0n) is 9.77. The summed E-state index contributed by atoms with van der Waals surface area (Å²) in [4.78, 5) is 0. The molecule has 0 saturated carbocycles. The van der Waals surface area contributed by atoms with Crippen LogP contribution in [-0.2, 0) is 5.41 Å². The van der Waals surface area contributed by atoms with Gasteiger partial charge in [0, 0.05) is 16.0 Å². The zero-order chi connectivity index (χ0) is 12.8. The van der Waals surface area contributed by atoms with Crippen LogP contribution in [0, 0.1) is 11.3 Å². The van der Waals surface area contributed by atoms with Gasteiger partial charge in [-0.25, -0.2) is 0 Å². The van der Waals surface area contributed by atoms with Crippen LogP contribution in [0.15, 0.2) is 16.5 Å². The summed E-state index contributed by atoms with van der Waals surface area (Å²) in [6, 6.07) is 5.47. The molecule has 88 valence electrons. The predicted octanol–water partition coefficient (Wildman–Crippen LogP) is 4.91. The lowest BCUT2D eigenvalue weighted by Gasteiger charge is -2.17. The second-order valence-electron chi connectivity index (χ2n) is 4.93. The summed E-state index contributed by atoms with van der Waals surface area (Å²) in [5.74, 6) is 0.302. The molecule has 0 saturated heterocycles. The lowest BCUT2D eigenvalue weighted by Crippen LogP contribution is -2.11. The van der Waals surface area contributed by atoms with Crippen LogP contribution in [0.3, 0.4) is 0 Å². The molecule has 0 atom stereocenters. The third-order valence-electron chi connectivity index (χ3n) is 2.56. The molecule has 0 aliphatic rings. The molecule has 1 heterocycles. The highest BCUT2D eigenvalue weighted by atomic mass is 35.5. The minimum Gasteiger partial charge on any atom is -0.444 e. The van der Waals surface area contributed by atoms with Gasteiger partial charge in [0.05, 0.1) is 5.02 Å². The van der Waals surface area contributed by atoms with Gasteiger partial charge in [-0.2, -0.15) is 5.26 Å². The van der Waals surface area contributed by atoms with E-state index in [1.807, 2.05) is 20.8 Å². The SMILES string of the molecule is CC(C)(C)c1c(C#N)oc2c(Cl)cc(Cl)cc12. The van der Waals surface area contributed by atoms with E-state index in [1.54, 1.807) is 12.1 Å². The molecule has 0 aliphatic heterocycles. The van der Waals surface area contributed by atoms with Crippen LogP contribution in [-0.4, -0.2) is 0 Å². The van der Waals surface area contributed by atoms with Gasteiger partial charge in [-0.1, -0.05) is 44.0 Å². The third kappa shape index (κ3) is 2.01. The number of halogens is 2. The van der Waals surface area contributed by atoms with Crippen LogP contribution >= 0.6 is 23.2 Å². The van der Waals surface area contributed by atoms with Gasteiger partial charge in [0.25, 0.3) is 0 Å². The monoisotopic (exact) mass is 267 g/mol. The highest BCUT2D eigenvalue weighted by Gasteiger charge is 2.26. The molecule has 1 aromatic heterocycles. The number of fused-ring (bicyclic) bond motifs is 1. The molecule has 0 N–H and O–H groups in total. The van der Waals surface area contributed by atoms with Crippen LogP contribution in [0.25, 0.3) is 11.0 Å². The largest absolute Gasteiger partial charge is 0.444 e. The van der Waals surface area contributed by atoms with Crippen molar-refractivity contribution < 1.29 is 4.42 Å². The van der Waals surface area contributed by atoms with Crippen molar-refractivity contribution >= 4 is 34.2 Å². The summed E-state index contributed by atoms with van der Waals surface area (Å²) >= 11 is 12.1. The lowest BCUT2D eigenvalue weighted by molar-refractivity contribution is 0.546. The van der Waals surface area contributed by atoms with E-state index < -0.39 is 0 Å². The summed E-state index contributed by atoms with van der Waals surface area (Å²) in [5, 5.41) is 10.9. The van der Waals surface area contributed by atoms with Crippen molar-refractivity contribution in [2.75, 3.05) is 0 Å². The van der Waals surface area contributed by atoms with Crippen LogP contribution in [0.5, 0.6) is 0 Å². The summed E-state index contributed by atoms with van der Waals surface area (Å²) < 4.78 is 5.51. The van der Waals surface area contributed by atoms with Crippen molar-refractivity contribution in [3.63, 3.8) is 0 Å². The average molecular weight is 268 g/mol. The number of nitriles is 1. The van der Waals surface area contributed by atoms with Gasteiger partial charge in [-0.3, -0.25) is 0 Å². The third-order valence-corrected chi connectivity index (χ3v) is 3.06. The van der Waals surface area contributed by atoms with Gasteiger partial charge >= 0.3 is 0 Å². The molecular weight excluding hydrogens is 257 g/mol. The van der Waals surface area contributed by atoms with E-state index in [4.69, 9.17) is 32.9 Å². The molecule has 2 nitrogen and oxygen atoms in total. The smallest absolute Gasteiger partial charge is 0.208 e. The van der Waals surface area contributed by atoms with Crippen LogP contribution in [0.1, 0.15) is 32.1 Å². The van der Waals surface area contributed by atoms with Gasteiger partial charge in [-0.15, -0.1) is 0 Å². The van der Waals surface area contributed by atoms with Crippen molar-refractivity contribution in [2.45, 2.75) is 26.2 Å². The first-order chi connectivity index (χ1) is 7.84. The fourth-order valence-electron chi connectivity index (χ4n) is 1.95. The molecule has 1 aromatic carbocycles. The molecule has 2 aromatic rings. The molecule has 0 radical (unpaired) electrons. The van der Waals surface area contributed by atoms with E-state index in [9.17, 15) is 0 Å². The fraction of sp³-hybridized carbons (Fsp3) is 0.308. The Morgan fingerprint density at radius 3 is 2.41 bits per heavy atom. The molecule has 0 fully saturated rings. The second-order valence-corrected chi connectivity index (χ2v) is 5.78. The summed E-state index contributed by atoms with van der Waals surface area (Å²) in [6.07, 6.45) is 0. The van der Waals surface area contributed by atoms with Gasteiger partial charge in [0.15, 0.2) is 5.58 Å². The van der Waals surface area contributed by atoms with E-state index in [2.05, 4.69) is 6.07 Å². The van der Waals surface area contributed by atoms with Gasteiger partial charge < -0.3 is 4.42 Å². The van der Waals surface area contributed by atoms with Gasteiger partial charge in [0.2, 0.25) is 5.76 Å². The maximum atomic E-state index is 9.12. The minimum atomic E-state index is -0.204. The Kier molecular flexibility index (Phi) is 2.85. The highest BCUT2D eigenvalue weighted by molar-refractivity contribution is 6.38. The Bertz CT molecular complexity index is 629. The molecule has 17 heavy (non-hydrogen) atoms. The summed E-state index contributed by atoms with van der Waals surface area (Å²) in [7, 11) is 0. The van der Waals surface area contributed by atoms with Gasteiger partial charge in [0.1, 0.15) is 6.07 Å². The first kappa shape index (κ1) is 12.3. The van der Waals surface area contributed by atoms with Gasteiger partial charge in [-0.05, 0) is 17.5 Å². The Morgan fingerprint density at radius 1 is 1.24 bits per heavy atom. The van der Waals surface area contributed by atoms with E-state index >= 15 is 0 Å². The summed E-state index contributed by atoms with van der Waals surface area (Å²) in [6.45, 7) is 6.06. The normalized spacial score (nSPS) is 11.8. The standard InChI is InChI=1S/C13H11Cl2NO/c1-13(2,3)11-8-4-7(14)5-9(15)12(8)17-10(11)6-16/h4-5H,1-3H3. The molecular formula is C13H11Cl2NO. The Morgan fingerprint density at radius 2 is 1.88 bits per heavy atom. The number of nitrogens with zero attached hydrogens (tertiary/aromatic N) is 1. The first-order valence-corrected chi connectivity index (χ1v) is 5.92. The topological polar surface area (TPSA) is 36.9 Å². The zero-order valence-corrected chi connectivity index (χ0v) is 11.3. The van der Waals surface area contributed by atoms with E-state index in [1.165, 1.54) is 0 Å². The van der Waals surface area contributed by atoms with E-state index in [-0.39, 0.29) is 5.41 Å². The Balaban J connectivity index is 2.95. The first-order valence-electron chi connectivity index (χ1n) is 5.16. The Labute approximate surface area is 110 Å². The van der Waals surface area contributed by atoms with E-state index in [0.29, 0.717) is 21.4 Å². The van der Waals surface area contributed by atoms with Crippen molar-refractivity contribution in [3.05, 3.63) is 33.5 Å². The number of rotatable bonds is 0. The highest BCUT2D eigenvalue weighted by Crippen LogP contribution is 2.39.